The van der Waals surface area contributed by atoms with E-state index in [-0.39, 0.29) is 5.91 Å². The van der Waals surface area contributed by atoms with Crippen LogP contribution in [-0.2, 0) is 6.54 Å². The average Bonchev–Trinajstić information content (AvgIpc) is 3.10. The Morgan fingerprint density at radius 2 is 2.08 bits per heavy atom. The molecular weight excluding hydrogens is 326 g/mol. The van der Waals surface area contributed by atoms with Crippen LogP contribution in [0.4, 0.5) is 0 Å². The van der Waals surface area contributed by atoms with Crippen molar-refractivity contribution in [3.05, 3.63) is 70.9 Å². The molecule has 122 valence electrons. The summed E-state index contributed by atoms with van der Waals surface area (Å²) in [5.41, 5.74) is 2.88. The molecule has 3 rings (SSSR count). The predicted molar refractivity (Wildman–Crippen MR) is 93.2 cm³/mol. The summed E-state index contributed by atoms with van der Waals surface area (Å²) in [5.74, 6) is 0.547. The van der Waals surface area contributed by atoms with Crippen LogP contribution in [0.5, 0.6) is 5.75 Å². The molecule has 2 aromatic carbocycles. The molecule has 0 atom stereocenters. The van der Waals surface area contributed by atoms with E-state index in [0.717, 1.165) is 16.9 Å². The molecule has 2 N–H and O–H groups in total. The molecule has 0 bridgehead atoms. The number of rotatable bonds is 5. The average molecular weight is 342 g/mol. The third-order valence-corrected chi connectivity index (χ3v) is 3.82. The predicted octanol–water partition coefficient (Wildman–Crippen LogP) is 3.67. The standard InChI is InChI=1S/C18H16ClN3O2/c1-24-15-7-2-4-12(8-15)10-20-18(23)16-11-21-22-17(16)13-5-3-6-14(19)9-13/h2-9,11H,10H2,1H3,(H,20,23)(H,21,22). The quantitative estimate of drug-likeness (QED) is 0.744. The number of nitrogens with one attached hydrogen (secondary N) is 2. The van der Waals surface area contributed by atoms with E-state index in [1.165, 1.54) is 6.20 Å². The van der Waals surface area contributed by atoms with Crippen molar-refractivity contribution in [1.82, 2.24) is 15.5 Å². The van der Waals surface area contributed by atoms with Gasteiger partial charge in [-0.25, -0.2) is 0 Å². The SMILES string of the molecule is COc1cccc(CNC(=O)c2cn[nH]c2-c2cccc(Cl)c2)c1. The van der Waals surface area contributed by atoms with E-state index in [9.17, 15) is 4.79 Å². The van der Waals surface area contributed by atoms with Crippen LogP contribution in [0.15, 0.2) is 54.7 Å². The fourth-order valence-corrected chi connectivity index (χ4v) is 2.57. The summed E-state index contributed by atoms with van der Waals surface area (Å²) >= 11 is 6.02. The summed E-state index contributed by atoms with van der Waals surface area (Å²) in [5, 5.41) is 10.3. The highest BCUT2D eigenvalue weighted by Crippen LogP contribution is 2.24. The third-order valence-electron chi connectivity index (χ3n) is 3.58. The van der Waals surface area contributed by atoms with E-state index in [1.807, 2.05) is 36.4 Å². The first-order chi connectivity index (χ1) is 11.7. The molecule has 0 unspecified atom stereocenters. The molecule has 0 aliphatic carbocycles. The van der Waals surface area contributed by atoms with E-state index in [2.05, 4.69) is 15.5 Å². The van der Waals surface area contributed by atoms with Gasteiger partial charge in [0, 0.05) is 17.1 Å². The summed E-state index contributed by atoms with van der Waals surface area (Å²) < 4.78 is 5.18. The number of ether oxygens (including phenoxy) is 1. The van der Waals surface area contributed by atoms with Crippen LogP contribution in [0.3, 0.4) is 0 Å². The fraction of sp³-hybridized carbons (Fsp3) is 0.111. The lowest BCUT2D eigenvalue weighted by molar-refractivity contribution is 0.0951. The zero-order valence-electron chi connectivity index (χ0n) is 13.0. The molecule has 0 saturated carbocycles. The summed E-state index contributed by atoms with van der Waals surface area (Å²) in [7, 11) is 1.61. The number of H-pyrrole nitrogens is 1. The molecule has 0 radical (unpaired) electrons. The Morgan fingerprint density at radius 3 is 2.88 bits per heavy atom. The Bertz CT molecular complexity index is 861. The van der Waals surface area contributed by atoms with Gasteiger partial charge in [0.05, 0.1) is 24.6 Å². The second-order valence-corrected chi connectivity index (χ2v) is 5.64. The topological polar surface area (TPSA) is 67.0 Å². The van der Waals surface area contributed by atoms with E-state index >= 15 is 0 Å². The van der Waals surface area contributed by atoms with Crippen molar-refractivity contribution in [1.29, 1.82) is 0 Å². The summed E-state index contributed by atoms with van der Waals surface area (Å²) in [6.45, 7) is 0.399. The Labute approximate surface area is 144 Å². The lowest BCUT2D eigenvalue weighted by atomic mass is 10.1. The molecule has 6 heteroatoms. The van der Waals surface area contributed by atoms with Gasteiger partial charge in [-0.3, -0.25) is 9.89 Å². The molecule has 0 aliphatic heterocycles. The van der Waals surface area contributed by atoms with E-state index in [4.69, 9.17) is 16.3 Å². The maximum Gasteiger partial charge on any atom is 0.255 e. The number of carbonyl (C=O) groups excluding carboxylic acids is 1. The second kappa shape index (κ2) is 7.19. The molecule has 24 heavy (non-hydrogen) atoms. The number of carbonyl (C=O) groups is 1. The zero-order chi connectivity index (χ0) is 16.9. The summed E-state index contributed by atoms with van der Waals surface area (Å²) in [4.78, 5) is 12.5. The number of methoxy groups -OCH3 is 1. The first-order valence-electron chi connectivity index (χ1n) is 7.38. The molecule has 5 nitrogen and oxygen atoms in total. The highest BCUT2D eigenvalue weighted by atomic mass is 35.5. The number of hydrogen-bond donors (Lipinski definition) is 2. The Hall–Kier alpha value is -2.79. The maximum absolute atomic E-state index is 12.5. The van der Waals surface area contributed by atoms with Gasteiger partial charge in [-0.2, -0.15) is 5.10 Å². The lowest BCUT2D eigenvalue weighted by Gasteiger charge is -2.07. The molecule has 1 aromatic heterocycles. The molecular formula is C18H16ClN3O2. The third kappa shape index (κ3) is 3.58. The fourth-order valence-electron chi connectivity index (χ4n) is 2.38. The van der Waals surface area contributed by atoms with Gasteiger partial charge >= 0.3 is 0 Å². The van der Waals surface area contributed by atoms with Crippen LogP contribution < -0.4 is 10.1 Å². The molecule has 1 amide bonds. The molecule has 0 fully saturated rings. The number of benzene rings is 2. The van der Waals surface area contributed by atoms with Crippen LogP contribution in [0.25, 0.3) is 11.3 Å². The van der Waals surface area contributed by atoms with Gasteiger partial charge in [0.25, 0.3) is 5.91 Å². The van der Waals surface area contributed by atoms with Gasteiger partial charge in [0.2, 0.25) is 0 Å². The second-order valence-electron chi connectivity index (χ2n) is 5.20. The first kappa shape index (κ1) is 16.1. The maximum atomic E-state index is 12.5. The number of aromatic nitrogens is 2. The summed E-state index contributed by atoms with van der Waals surface area (Å²) in [6, 6.07) is 14.8. The smallest absolute Gasteiger partial charge is 0.255 e. The summed E-state index contributed by atoms with van der Waals surface area (Å²) in [6.07, 6.45) is 1.51. The minimum Gasteiger partial charge on any atom is -0.497 e. The Kier molecular flexibility index (Phi) is 4.82. The number of amides is 1. The number of nitrogens with zero attached hydrogens (tertiary/aromatic N) is 1. The Balaban J connectivity index is 1.75. The van der Waals surface area contributed by atoms with Gasteiger partial charge in [0.1, 0.15) is 5.75 Å². The molecule has 0 saturated heterocycles. The van der Waals surface area contributed by atoms with Crippen molar-refractivity contribution >= 4 is 17.5 Å². The Morgan fingerprint density at radius 1 is 1.25 bits per heavy atom. The normalized spacial score (nSPS) is 10.4. The highest BCUT2D eigenvalue weighted by Gasteiger charge is 2.15. The first-order valence-corrected chi connectivity index (χ1v) is 7.75. The highest BCUT2D eigenvalue weighted by molar-refractivity contribution is 6.30. The minimum atomic E-state index is -0.207. The van der Waals surface area contributed by atoms with Crippen molar-refractivity contribution in [2.24, 2.45) is 0 Å². The monoisotopic (exact) mass is 341 g/mol. The van der Waals surface area contributed by atoms with E-state index in [0.29, 0.717) is 22.8 Å². The van der Waals surface area contributed by atoms with Crippen molar-refractivity contribution in [3.63, 3.8) is 0 Å². The van der Waals surface area contributed by atoms with E-state index < -0.39 is 0 Å². The van der Waals surface area contributed by atoms with Crippen molar-refractivity contribution in [3.8, 4) is 17.0 Å². The van der Waals surface area contributed by atoms with Gasteiger partial charge < -0.3 is 10.1 Å². The van der Waals surface area contributed by atoms with Crippen LogP contribution in [0.2, 0.25) is 5.02 Å². The van der Waals surface area contributed by atoms with Gasteiger partial charge in [0.15, 0.2) is 0 Å². The molecule has 1 heterocycles. The van der Waals surface area contributed by atoms with Gasteiger partial charge in [-0.15, -0.1) is 0 Å². The van der Waals surface area contributed by atoms with Crippen molar-refractivity contribution in [2.45, 2.75) is 6.54 Å². The molecule has 3 aromatic rings. The molecule has 0 aliphatic rings. The van der Waals surface area contributed by atoms with Gasteiger partial charge in [-0.05, 0) is 29.8 Å². The number of halogens is 1. The number of aromatic amines is 1. The lowest BCUT2D eigenvalue weighted by Crippen LogP contribution is -2.23. The minimum absolute atomic E-state index is 0.207. The number of hydrogen-bond acceptors (Lipinski definition) is 3. The van der Waals surface area contributed by atoms with E-state index in [1.54, 1.807) is 19.2 Å². The van der Waals surface area contributed by atoms with Crippen molar-refractivity contribution in [2.75, 3.05) is 7.11 Å². The van der Waals surface area contributed by atoms with Crippen LogP contribution in [-0.4, -0.2) is 23.2 Å². The largest absolute Gasteiger partial charge is 0.497 e. The van der Waals surface area contributed by atoms with Crippen LogP contribution in [0.1, 0.15) is 15.9 Å². The van der Waals surface area contributed by atoms with Gasteiger partial charge in [-0.1, -0.05) is 35.9 Å². The molecule has 0 spiro atoms. The van der Waals surface area contributed by atoms with Crippen LogP contribution >= 0.6 is 11.6 Å². The van der Waals surface area contributed by atoms with Crippen LogP contribution in [0, 0.1) is 0 Å². The van der Waals surface area contributed by atoms with Crippen molar-refractivity contribution < 1.29 is 9.53 Å². The zero-order valence-corrected chi connectivity index (χ0v) is 13.8.